The van der Waals surface area contributed by atoms with Gasteiger partial charge in [-0.3, -0.25) is 19.1 Å². The van der Waals surface area contributed by atoms with Gasteiger partial charge in [0.05, 0.1) is 17.0 Å². The van der Waals surface area contributed by atoms with E-state index in [9.17, 15) is 14.4 Å². The maximum Gasteiger partial charge on any atom is 0.329 e. The number of hydrogen-bond donors (Lipinski definition) is 1. The molecule has 1 atom stereocenters. The Hall–Kier alpha value is -3.26. The van der Waals surface area contributed by atoms with Crippen molar-refractivity contribution in [3.63, 3.8) is 0 Å². The predicted octanol–water partition coefficient (Wildman–Crippen LogP) is 2.75. The van der Waals surface area contributed by atoms with Crippen LogP contribution in [-0.4, -0.2) is 56.9 Å². The Morgan fingerprint density at radius 1 is 1.18 bits per heavy atom. The molecule has 1 aliphatic heterocycles. The average molecular weight is 450 g/mol. The number of piperazine rings is 1. The van der Waals surface area contributed by atoms with Crippen molar-refractivity contribution in [1.29, 1.82) is 0 Å². The number of fused-ring (bicyclic) bond motifs is 1. The molecule has 0 radical (unpaired) electrons. The Morgan fingerprint density at radius 2 is 1.91 bits per heavy atom. The number of nitrogens with one attached hydrogen (secondary N) is 1. The van der Waals surface area contributed by atoms with Crippen molar-refractivity contribution in [2.45, 2.75) is 45.7 Å². The summed E-state index contributed by atoms with van der Waals surface area (Å²) >= 11 is 0. The lowest BCUT2D eigenvalue weighted by Gasteiger charge is -2.40. The van der Waals surface area contributed by atoms with E-state index in [0.29, 0.717) is 37.3 Å². The van der Waals surface area contributed by atoms with Gasteiger partial charge in [-0.15, -0.1) is 0 Å². The van der Waals surface area contributed by atoms with Crippen LogP contribution in [0.3, 0.4) is 0 Å². The second-order valence-electron chi connectivity index (χ2n) is 9.05. The van der Waals surface area contributed by atoms with Crippen LogP contribution >= 0.6 is 0 Å². The third-order valence-electron chi connectivity index (χ3n) is 6.27. The molecule has 1 unspecified atom stereocenters. The molecule has 0 bridgehead atoms. The van der Waals surface area contributed by atoms with Gasteiger partial charge in [0.2, 0.25) is 0 Å². The van der Waals surface area contributed by atoms with Crippen molar-refractivity contribution in [2.24, 2.45) is 0 Å². The van der Waals surface area contributed by atoms with E-state index in [1.165, 1.54) is 4.57 Å². The van der Waals surface area contributed by atoms with E-state index in [0.717, 1.165) is 12.1 Å². The highest BCUT2D eigenvalue weighted by Gasteiger charge is 2.33. The number of aromatic nitrogens is 3. The Balaban J connectivity index is 1.92. The fourth-order valence-electron chi connectivity index (χ4n) is 4.47. The van der Waals surface area contributed by atoms with Crippen molar-refractivity contribution < 1.29 is 4.79 Å². The standard InChI is InChI=1S/C25H31N5O3/c1-5-11-30-22-21(23(31)27-25(30)33)18(14-19(26-22)16(2)3)24(32)29-13-12-28(4)15-20(29)17-9-7-6-8-10-17/h6-10,14,16,20H,5,11-13,15H2,1-4H3,(H,27,31,33). The number of H-pyrrole nitrogens is 1. The summed E-state index contributed by atoms with van der Waals surface area (Å²) in [6.45, 7) is 8.33. The second kappa shape index (κ2) is 9.31. The van der Waals surface area contributed by atoms with Crippen LogP contribution in [0.5, 0.6) is 0 Å². The molecule has 0 saturated carbocycles. The van der Waals surface area contributed by atoms with Crippen molar-refractivity contribution in [1.82, 2.24) is 24.3 Å². The summed E-state index contributed by atoms with van der Waals surface area (Å²) < 4.78 is 1.47. The fourth-order valence-corrected chi connectivity index (χ4v) is 4.47. The third-order valence-corrected chi connectivity index (χ3v) is 6.27. The Labute approximate surface area is 192 Å². The first-order chi connectivity index (χ1) is 15.8. The Bertz CT molecular complexity index is 1280. The summed E-state index contributed by atoms with van der Waals surface area (Å²) in [7, 11) is 2.05. The molecule has 0 aliphatic carbocycles. The van der Waals surface area contributed by atoms with Gasteiger partial charge in [-0.1, -0.05) is 51.1 Å². The first-order valence-electron chi connectivity index (χ1n) is 11.5. The van der Waals surface area contributed by atoms with E-state index in [1.54, 1.807) is 6.07 Å². The first kappa shape index (κ1) is 22.9. The summed E-state index contributed by atoms with van der Waals surface area (Å²) in [5.41, 5.74) is 1.26. The predicted molar refractivity (Wildman–Crippen MR) is 129 cm³/mol. The SMILES string of the molecule is CCCn1c(=O)[nH]c(=O)c2c(C(=O)N3CCN(C)CC3c3ccccc3)cc(C(C)C)nc21. The molecule has 1 aliphatic rings. The zero-order valence-corrected chi connectivity index (χ0v) is 19.7. The first-order valence-corrected chi connectivity index (χ1v) is 11.5. The lowest BCUT2D eigenvalue weighted by Crippen LogP contribution is -2.49. The van der Waals surface area contributed by atoms with Gasteiger partial charge in [0.1, 0.15) is 0 Å². The molecule has 1 saturated heterocycles. The average Bonchev–Trinajstić information content (AvgIpc) is 2.81. The molecule has 1 aromatic carbocycles. The number of carbonyl (C=O) groups excluding carboxylic acids is 1. The number of aromatic amines is 1. The van der Waals surface area contributed by atoms with E-state index in [4.69, 9.17) is 0 Å². The molecule has 4 rings (SSSR count). The highest BCUT2D eigenvalue weighted by molar-refractivity contribution is 6.05. The summed E-state index contributed by atoms with van der Waals surface area (Å²) in [5.74, 6) is -0.179. The molecule has 3 heterocycles. The van der Waals surface area contributed by atoms with Gasteiger partial charge < -0.3 is 9.80 Å². The molecule has 1 amide bonds. The lowest BCUT2D eigenvalue weighted by molar-refractivity contribution is 0.0499. The van der Waals surface area contributed by atoms with Crippen LogP contribution < -0.4 is 11.2 Å². The van der Waals surface area contributed by atoms with E-state index in [1.807, 2.05) is 63.1 Å². The van der Waals surface area contributed by atoms with Crippen LogP contribution in [0, 0.1) is 0 Å². The van der Waals surface area contributed by atoms with Crippen LogP contribution in [0.4, 0.5) is 0 Å². The number of aryl methyl sites for hydroxylation is 1. The van der Waals surface area contributed by atoms with E-state index >= 15 is 0 Å². The summed E-state index contributed by atoms with van der Waals surface area (Å²) in [6.07, 6.45) is 0.701. The normalized spacial score (nSPS) is 17.1. The number of benzene rings is 1. The maximum atomic E-state index is 14.0. The number of nitrogens with zero attached hydrogens (tertiary/aromatic N) is 4. The molecule has 3 aromatic rings. The molecular weight excluding hydrogens is 418 g/mol. The topological polar surface area (TPSA) is 91.3 Å². The number of likely N-dealkylation sites (N-methyl/N-ethyl adjacent to an activating group) is 1. The Morgan fingerprint density at radius 3 is 2.58 bits per heavy atom. The van der Waals surface area contributed by atoms with Crippen molar-refractivity contribution >= 4 is 16.9 Å². The minimum Gasteiger partial charge on any atom is -0.329 e. The smallest absolute Gasteiger partial charge is 0.329 e. The molecule has 0 spiro atoms. The van der Waals surface area contributed by atoms with Gasteiger partial charge in [-0.25, -0.2) is 9.78 Å². The largest absolute Gasteiger partial charge is 0.329 e. The van der Waals surface area contributed by atoms with Crippen molar-refractivity contribution in [3.05, 3.63) is 74.1 Å². The second-order valence-corrected chi connectivity index (χ2v) is 9.05. The third kappa shape index (κ3) is 4.35. The van der Waals surface area contributed by atoms with E-state index in [2.05, 4.69) is 14.9 Å². The number of pyridine rings is 1. The molecular formula is C25H31N5O3. The molecule has 174 valence electrons. The molecule has 33 heavy (non-hydrogen) atoms. The lowest BCUT2D eigenvalue weighted by atomic mass is 9.99. The number of hydrogen-bond acceptors (Lipinski definition) is 5. The quantitative estimate of drug-likeness (QED) is 0.647. The van der Waals surface area contributed by atoms with Crippen LogP contribution in [0.15, 0.2) is 46.0 Å². The fraction of sp³-hybridized carbons (Fsp3) is 0.440. The highest BCUT2D eigenvalue weighted by atomic mass is 16.2. The summed E-state index contributed by atoms with van der Waals surface area (Å²) in [4.78, 5) is 50.6. The zero-order valence-electron chi connectivity index (χ0n) is 19.7. The summed E-state index contributed by atoms with van der Waals surface area (Å²) in [5, 5.41) is 0.184. The maximum absolute atomic E-state index is 14.0. The van der Waals surface area contributed by atoms with Crippen molar-refractivity contribution in [2.75, 3.05) is 26.7 Å². The van der Waals surface area contributed by atoms with E-state index < -0.39 is 11.2 Å². The highest BCUT2D eigenvalue weighted by Crippen LogP contribution is 2.29. The molecule has 8 heteroatoms. The number of amides is 1. The minimum atomic E-state index is -0.570. The molecule has 1 fully saturated rings. The van der Waals surface area contributed by atoms with Gasteiger partial charge >= 0.3 is 5.69 Å². The van der Waals surface area contributed by atoms with Crippen LogP contribution in [0.1, 0.15) is 60.8 Å². The van der Waals surface area contributed by atoms with Gasteiger partial charge in [0, 0.05) is 31.9 Å². The monoisotopic (exact) mass is 449 g/mol. The van der Waals surface area contributed by atoms with Gasteiger partial charge in [-0.2, -0.15) is 0 Å². The molecule has 1 N–H and O–H groups in total. The summed E-state index contributed by atoms with van der Waals surface area (Å²) in [6, 6.07) is 11.5. The zero-order chi connectivity index (χ0) is 23.7. The number of rotatable bonds is 5. The Kier molecular flexibility index (Phi) is 6.47. The van der Waals surface area contributed by atoms with Crippen molar-refractivity contribution in [3.8, 4) is 0 Å². The van der Waals surface area contributed by atoms with Crippen LogP contribution in [0.25, 0.3) is 11.0 Å². The molecule has 8 nitrogen and oxygen atoms in total. The van der Waals surface area contributed by atoms with Gasteiger partial charge in [0.25, 0.3) is 11.5 Å². The van der Waals surface area contributed by atoms with Gasteiger partial charge in [-0.05, 0) is 31.0 Å². The minimum absolute atomic E-state index is 0.0304. The molecule has 2 aromatic heterocycles. The number of carbonyl (C=O) groups is 1. The van der Waals surface area contributed by atoms with Crippen LogP contribution in [-0.2, 0) is 6.54 Å². The van der Waals surface area contributed by atoms with E-state index in [-0.39, 0.29) is 28.9 Å². The van der Waals surface area contributed by atoms with Crippen LogP contribution in [0.2, 0.25) is 0 Å². The van der Waals surface area contributed by atoms with Gasteiger partial charge in [0.15, 0.2) is 5.65 Å².